The molecule has 0 aliphatic rings. The molecule has 0 aromatic heterocycles. The van der Waals surface area contributed by atoms with Crippen molar-refractivity contribution in [3.05, 3.63) is 47.7 Å². The van der Waals surface area contributed by atoms with Crippen LogP contribution < -0.4 is 4.74 Å². The van der Waals surface area contributed by atoms with Crippen molar-refractivity contribution in [3.8, 4) is 5.75 Å². The maximum Gasteiger partial charge on any atom is 0.118 e. The molecule has 0 unspecified atom stereocenters. The molecule has 15 heavy (non-hydrogen) atoms. The van der Waals surface area contributed by atoms with Crippen LogP contribution in [0.4, 0.5) is 0 Å². The minimum Gasteiger partial charge on any atom is -0.497 e. The third-order valence-corrected chi connectivity index (χ3v) is 2.08. The molecule has 0 atom stereocenters. The van der Waals surface area contributed by atoms with Crippen molar-refractivity contribution in [2.24, 2.45) is 0 Å². The minimum absolute atomic E-state index is 0.853. The lowest BCUT2D eigenvalue weighted by Gasteiger charge is -2.00. The van der Waals surface area contributed by atoms with Crippen LogP contribution in [0.1, 0.15) is 12.5 Å². The van der Waals surface area contributed by atoms with Gasteiger partial charge in [-0.2, -0.15) is 0 Å². The van der Waals surface area contributed by atoms with Gasteiger partial charge in [0.15, 0.2) is 0 Å². The first-order valence-electron chi connectivity index (χ1n) is 4.82. The maximum atomic E-state index is 5.12. The Bertz CT molecular complexity index is 347. The van der Waals surface area contributed by atoms with E-state index in [0.29, 0.717) is 0 Å². The molecule has 1 aromatic carbocycles. The average Bonchev–Trinajstić information content (AvgIpc) is 2.31. The second-order valence-electron chi connectivity index (χ2n) is 3.00. The lowest BCUT2D eigenvalue weighted by Crippen LogP contribution is -1.82. The summed E-state index contributed by atoms with van der Waals surface area (Å²) in [4.78, 5) is 0. The Balaban J connectivity index is 2.72. The van der Waals surface area contributed by atoms with Crippen LogP contribution in [-0.4, -0.2) is 14.2 Å². The molecule has 1 aromatic rings. The Morgan fingerprint density at radius 3 is 2.27 bits per heavy atom. The largest absolute Gasteiger partial charge is 0.497 e. The van der Waals surface area contributed by atoms with Crippen molar-refractivity contribution in [3.63, 3.8) is 0 Å². The number of hydrogen-bond acceptors (Lipinski definition) is 2. The molecule has 0 aliphatic carbocycles. The number of hydrogen-bond donors (Lipinski definition) is 0. The van der Waals surface area contributed by atoms with Crippen LogP contribution in [0.2, 0.25) is 0 Å². The number of ether oxygens (including phenoxy) is 2. The van der Waals surface area contributed by atoms with Gasteiger partial charge >= 0.3 is 0 Å². The summed E-state index contributed by atoms with van der Waals surface area (Å²) >= 11 is 0. The van der Waals surface area contributed by atoms with E-state index < -0.39 is 0 Å². The summed E-state index contributed by atoms with van der Waals surface area (Å²) in [6, 6.07) is 7.86. The second-order valence-corrected chi connectivity index (χ2v) is 3.00. The molecular formula is C13H16O2. The van der Waals surface area contributed by atoms with Gasteiger partial charge in [-0.3, -0.25) is 0 Å². The fraction of sp³-hybridized carbons (Fsp3) is 0.231. The van der Waals surface area contributed by atoms with E-state index in [-0.39, 0.29) is 0 Å². The first-order chi connectivity index (χ1) is 7.30. The van der Waals surface area contributed by atoms with Crippen molar-refractivity contribution < 1.29 is 9.47 Å². The zero-order chi connectivity index (χ0) is 11.1. The van der Waals surface area contributed by atoms with E-state index >= 15 is 0 Å². The highest BCUT2D eigenvalue weighted by molar-refractivity contribution is 5.53. The summed E-state index contributed by atoms with van der Waals surface area (Å²) in [6.45, 7) is 1.94. The normalized spacial score (nSPS) is 11.8. The summed E-state index contributed by atoms with van der Waals surface area (Å²) in [6.07, 6.45) is 5.85. The standard InChI is InChI=1S/C13H16O2/c1-4-12(14-2)8-5-11-6-9-13(15-3)10-7-11/h4-10H,1-3H3/b8-5+,12-4-. The van der Waals surface area contributed by atoms with Crippen LogP contribution in [0.15, 0.2) is 42.2 Å². The highest BCUT2D eigenvalue weighted by Gasteiger charge is 1.91. The number of rotatable bonds is 4. The van der Waals surface area contributed by atoms with Crippen LogP contribution in [0.5, 0.6) is 5.75 Å². The average molecular weight is 204 g/mol. The quantitative estimate of drug-likeness (QED) is 0.553. The van der Waals surface area contributed by atoms with E-state index in [4.69, 9.17) is 9.47 Å². The van der Waals surface area contributed by atoms with E-state index in [9.17, 15) is 0 Å². The van der Waals surface area contributed by atoms with Crippen molar-refractivity contribution in [1.82, 2.24) is 0 Å². The Kier molecular flexibility index (Phi) is 4.48. The van der Waals surface area contributed by atoms with Gasteiger partial charge in [-0.25, -0.2) is 0 Å². The van der Waals surface area contributed by atoms with Gasteiger partial charge < -0.3 is 9.47 Å². The topological polar surface area (TPSA) is 18.5 Å². The van der Waals surface area contributed by atoms with Gasteiger partial charge in [0.25, 0.3) is 0 Å². The van der Waals surface area contributed by atoms with Gasteiger partial charge in [0.2, 0.25) is 0 Å². The van der Waals surface area contributed by atoms with E-state index in [2.05, 4.69) is 0 Å². The SMILES string of the molecule is C/C=C(/C=C/c1ccc(OC)cc1)OC. The Hall–Kier alpha value is -1.70. The Labute approximate surface area is 90.8 Å². The van der Waals surface area contributed by atoms with Crippen LogP contribution in [0.3, 0.4) is 0 Å². The van der Waals surface area contributed by atoms with Gasteiger partial charge in [0, 0.05) is 0 Å². The zero-order valence-electron chi connectivity index (χ0n) is 9.36. The lowest BCUT2D eigenvalue weighted by atomic mass is 10.2. The van der Waals surface area contributed by atoms with Crippen molar-refractivity contribution in [2.45, 2.75) is 6.92 Å². The molecule has 0 amide bonds. The van der Waals surface area contributed by atoms with E-state index in [0.717, 1.165) is 17.1 Å². The van der Waals surface area contributed by atoms with Gasteiger partial charge in [-0.15, -0.1) is 0 Å². The molecular weight excluding hydrogens is 188 g/mol. The number of benzene rings is 1. The summed E-state index contributed by atoms with van der Waals surface area (Å²) in [5.41, 5.74) is 1.12. The number of allylic oxidation sites excluding steroid dienone is 2. The highest BCUT2D eigenvalue weighted by atomic mass is 16.5. The molecule has 0 spiro atoms. The summed E-state index contributed by atoms with van der Waals surface area (Å²) in [7, 11) is 3.32. The fourth-order valence-corrected chi connectivity index (χ4v) is 1.18. The molecule has 80 valence electrons. The lowest BCUT2D eigenvalue weighted by molar-refractivity contribution is 0.306. The third kappa shape index (κ3) is 3.50. The maximum absolute atomic E-state index is 5.12. The minimum atomic E-state index is 0.853. The van der Waals surface area contributed by atoms with Gasteiger partial charge in [-0.05, 0) is 36.8 Å². The molecule has 2 heteroatoms. The molecule has 0 aliphatic heterocycles. The van der Waals surface area contributed by atoms with E-state index in [1.54, 1.807) is 14.2 Å². The van der Waals surface area contributed by atoms with Gasteiger partial charge in [-0.1, -0.05) is 18.2 Å². The van der Waals surface area contributed by atoms with Crippen molar-refractivity contribution in [2.75, 3.05) is 14.2 Å². The molecule has 1 rings (SSSR count). The Morgan fingerprint density at radius 2 is 1.80 bits per heavy atom. The Morgan fingerprint density at radius 1 is 1.13 bits per heavy atom. The van der Waals surface area contributed by atoms with Gasteiger partial charge in [0.05, 0.1) is 14.2 Å². The zero-order valence-corrected chi connectivity index (χ0v) is 9.36. The first-order valence-corrected chi connectivity index (χ1v) is 4.82. The predicted molar refractivity (Wildman–Crippen MR) is 62.8 cm³/mol. The van der Waals surface area contributed by atoms with Crippen LogP contribution in [-0.2, 0) is 4.74 Å². The van der Waals surface area contributed by atoms with Crippen LogP contribution in [0.25, 0.3) is 6.08 Å². The van der Waals surface area contributed by atoms with E-state index in [1.807, 2.05) is 49.4 Å². The second kappa shape index (κ2) is 5.91. The third-order valence-electron chi connectivity index (χ3n) is 2.08. The number of methoxy groups -OCH3 is 2. The fourth-order valence-electron chi connectivity index (χ4n) is 1.18. The molecule has 0 heterocycles. The molecule has 0 fully saturated rings. The van der Waals surface area contributed by atoms with E-state index in [1.165, 1.54) is 0 Å². The first kappa shape index (κ1) is 11.4. The summed E-state index contributed by atoms with van der Waals surface area (Å²) < 4.78 is 10.2. The summed E-state index contributed by atoms with van der Waals surface area (Å²) in [5, 5.41) is 0. The monoisotopic (exact) mass is 204 g/mol. The molecule has 0 bridgehead atoms. The molecule has 2 nitrogen and oxygen atoms in total. The summed E-state index contributed by atoms with van der Waals surface area (Å²) in [5.74, 6) is 1.72. The highest BCUT2D eigenvalue weighted by Crippen LogP contribution is 2.13. The van der Waals surface area contributed by atoms with Crippen molar-refractivity contribution in [1.29, 1.82) is 0 Å². The van der Waals surface area contributed by atoms with Gasteiger partial charge in [0.1, 0.15) is 11.5 Å². The smallest absolute Gasteiger partial charge is 0.118 e. The van der Waals surface area contributed by atoms with Crippen molar-refractivity contribution >= 4 is 6.08 Å². The molecule has 0 saturated carbocycles. The molecule has 0 saturated heterocycles. The molecule has 0 radical (unpaired) electrons. The van der Waals surface area contributed by atoms with Crippen LogP contribution >= 0.6 is 0 Å². The molecule has 0 N–H and O–H groups in total. The predicted octanol–water partition coefficient (Wildman–Crippen LogP) is 3.26. The van der Waals surface area contributed by atoms with Crippen LogP contribution in [0, 0.1) is 0 Å².